The smallest absolute Gasteiger partial charge is 0.256 e. The Morgan fingerprint density at radius 2 is 2.00 bits per heavy atom. The Balaban J connectivity index is 1.96. The molecule has 0 bridgehead atoms. The van der Waals surface area contributed by atoms with Gasteiger partial charge in [0.25, 0.3) is 5.91 Å². The second-order valence-electron chi connectivity index (χ2n) is 7.55. The summed E-state index contributed by atoms with van der Waals surface area (Å²) in [6.07, 6.45) is 6.00. The molecule has 28 heavy (non-hydrogen) atoms. The van der Waals surface area contributed by atoms with Crippen molar-refractivity contribution < 1.29 is 9.59 Å². The van der Waals surface area contributed by atoms with Crippen molar-refractivity contribution in [1.29, 1.82) is 0 Å². The maximum Gasteiger partial charge on any atom is 0.256 e. The number of rotatable bonds is 7. The molecule has 0 fully saturated rings. The van der Waals surface area contributed by atoms with Crippen LogP contribution in [0.3, 0.4) is 0 Å². The van der Waals surface area contributed by atoms with E-state index in [1.165, 1.54) is 6.42 Å². The van der Waals surface area contributed by atoms with Gasteiger partial charge >= 0.3 is 0 Å². The quantitative estimate of drug-likeness (QED) is 0.795. The van der Waals surface area contributed by atoms with Crippen molar-refractivity contribution in [3.8, 4) is 0 Å². The predicted octanol–water partition coefficient (Wildman–Crippen LogP) is 2.84. The van der Waals surface area contributed by atoms with Gasteiger partial charge < -0.3 is 14.8 Å². The van der Waals surface area contributed by atoms with E-state index >= 15 is 0 Å². The molecule has 1 N–H and O–H groups in total. The van der Waals surface area contributed by atoms with E-state index in [4.69, 9.17) is 9.97 Å². The zero-order valence-electron chi connectivity index (χ0n) is 17.3. The van der Waals surface area contributed by atoms with Gasteiger partial charge in [-0.15, -0.1) is 0 Å². The number of imidazole rings is 1. The highest BCUT2D eigenvalue weighted by molar-refractivity contribution is 6.05. The number of aryl methyl sites for hydroxylation is 3. The Hall–Kier alpha value is -2.44. The Kier molecular flexibility index (Phi) is 6.65. The first kappa shape index (κ1) is 20.3. The van der Waals surface area contributed by atoms with Crippen LogP contribution < -0.4 is 5.32 Å². The van der Waals surface area contributed by atoms with Crippen LogP contribution >= 0.6 is 0 Å². The molecule has 0 aromatic carbocycles. The van der Waals surface area contributed by atoms with E-state index < -0.39 is 0 Å². The van der Waals surface area contributed by atoms with Crippen molar-refractivity contribution in [2.75, 3.05) is 19.6 Å². The molecule has 2 amide bonds. The van der Waals surface area contributed by atoms with Gasteiger partial charge in [-0.25, -0.2) is 9.97 Å². The first-order chi connectivity index (χ1) is 13.5. The van der Waals surface area contributed by atoms with Crippen LogP contribution in [0.5, 0.6) is 0 Å². The van der Waals surface area contributed by atoms with Crippen molar-refractivity contribution >= 4 is 23.0 Å². The third kappa shape index (κ3) is 4.34. The normalized spacial score (nSPS) is 13.8. The van der Waals surface area contributed by atoms with Gasteiger partial charge in [-0.05, 0) is 38.7 Å². The fraction of sp³-hybridized carbons (Fsp3) is 0.619. The molecule has 3 rings (SSSR count). The van der Waals surface area contributed by atoms with Gasteiger partial charge in [0.2, 0.25) is 5.91 Å². The Morgan fingerprint density at radius 1 is 1.18 bits per heavy atom. The largest absolute Gasteiger partial charge is 0.355 e. The molecule has 1 aliphatic heterocycles. The summed E-state index contributed by atoms with van der Waals surface area (Å²) >= 11 is 0. The molecule has 152 valence electrons. The summed E-state index contributed by atoms with van der Waals surface area (Å²) in [5.74, 6) is 0.755. The van der Waals surface area contributed by atoms with E-state index in [1.807, 2.05) is 26.8 Å². The topological polar surface area (TPSA) is 80.1 Å². The maximum absolute atomic E-state index is 13.4. The number of hydrogen-bond acceptors (Lipinski definition) is 4. The summed E-state index contributed by atoms with van der Waals surface area (Å²) < 4.78 is 2.17. The summed E-state index contributed by atoms with van der Waals surface area (Å²) in [6, 6.07) is 1.81. The van der Waals surface area contributed by atoms with Gasteiger partial charge in [-0.2, -0.15) is 0 Å². The van der Waals surface area contributed by atoms with Crippen molar-refractivity contribution in [3.05, 3.63) is 23.1 Å². The molecule has 1 aliphatic rings. The van der Waals surface area contributed by atoms with Gasteiger partial charge in [0.15, 0.2) is 5.65 Å². The number of fused-ring (bicyclic) bond motifs is 3. The minimum Gasteiger partial charge on any atom is -0.355 e. The lowest BCUT2D eigenvalue weighted by Gasteiger charge is -2.22. The van der Waals surface area contributed by atoms with Crippen molar-refractivity contribution in [3.63, 3.8) is 0 Å². The third-order valence-corrected chi connectivity index (χ3v) is 5.11. The Bertz CT molecular complexity index is 858. The summed E-state index contributed by atoms with van der Waals surface area (Å²) in [6.45, 7) is 8.06. The number of carbonyl (C=O) groups is 2. The zero-order valence-corrected chi connectivity index (χ0v) is 17.3. The van der Waals surface area contributed by atoms with Crippen LogP contribution in [0.4, 0.5) is 0 Å². The van der Waals surface area contributed by atoms with Crippen LogP contribution in [0.2, 0.25) is 0 Å². The highest BCUT2D eigenvalue weighted by atomic mass is 16.2. The lowest BCUT2D eigenvalue weighted by molar-refractivity contribution is -0.121. The summed E-state index contributed by atoms with van der Waals surface area (Å²) in [5, 5.41) is 2.86. The molecule has 3 heterocycles. The second-order valence-corrected chi connectivity index (χ2v) is 7.55. The third-order valence-electron chi connectivity index (χ3n) is 5.11. The van der Waals surface area contributed by atoms with Crippen LogP contribution in [-0.2, 0) is 17.8 Å². The molecule has 0 aliphatic carbocycles. The van der Waals surface area contributed by atoms with Gasteiger partial charge in [0.05, 0.1) is 12.1 Å². The fourth-order valence-electron chi connectivity index (χ4n) is 3.77. The molecule has 2 aromatic heterocycles. The number of carbonyl (C=O) groups excluding carboxylic acids is 2. The van der Waals surface area contributed by atoms with Crippen LogP contribution in [0.1, 0.15) is 67.8 Å². The number of nitrogens with zero attached hydrogens (tertiary/aromatic N) is 4. The monoisotopic (exact) mass is 385 g/mol. The number of aromatic nitrogens is 3. The molecule has 0 radical (unpaired) electrons. The van der Waals surface area contributed by atoms with Crippen LogP contribution in [-0.4, -0.2) is 50.9 Å². The molecule has 0 atom stereocenters. The fourth-order valence-corrected chi connectivity index (χ4v) is 3.77. The molecule has 7 heteroatoms. The number of amides is 2. The van der Waals surface area contributed by atoms with Crippen LogP contribution in [0.15, 0.2) is 6.07 Å². The summed E-state index contributed by atoms with van der Waals surface area (Å²) in [4.78, 5) is 36.7. The van der Waals surface area contributed by atoms with Gasteiger partial charge in [-0.3, -0.25) is 9.59 Å². The predicted molar refractivity (Wildman–Crippen MR) is 109 cm³/mol. The van der Waals surface area contributed by atoms with E-state index in [1.54, 1.807) is 4.90 Å². The first-order valence-electron chi connectivity index (χ1n) is 10.5. The van der Waals surface area contributed by atoms with E-state index in [9.17, 15) is 9.59 Å². The van der Waals surface area contributed by atoms with Crippen molar-refractivity contribution in [2.24, 2.45) is 0 Å². The van der Waals surface area contributed by atoms with Gasteiger partial charge in [0.1, 0.15) is 11.3 Å². The zero-order chi connectivity index (χ0) is 20.1. The molecule has 0 spiro atoms. The number of hydrogen-bond donors (Lipinski definition) is 1. The van der Waals surface area contributed by atoms with Crippen molar-refractivity contribution in [2.45, 2.75) is 65.8 Å². The summed E-state index contributed by atoms with van der Waals surface area (Å²) in [5.41, 5.74) is 2.82. The molecular formula is C21H31N5O2. The van der Waals surface area contributed by atoms with E-state index in [2.05, 4.69) is 9.88 Å². The lowest BCUT2D eigenvalue weighted by atomic mass is 10.1. The average Bonchev–Trinajstić information content (AvgIpc) is 2.86. The highest BCUT2D eigenvalue weighted by Crippen LogP contribution is 2.25. The van der Waals surface area contributed by atoms with E-state index in [0.29, 0.717) is 24.2 Å². The van der Waals surface area contributed by atoms with Crippen molar-refractivity contribution in [1.82, 2.24) is 24.8 Å². The molecule has 0 saturated heterocycles. The minimum atomic E-state index is -0.141. The Morgan fingerprint density at radius 3 is 2.75 bits per heavy atom. The molecule has 2 aromatic rings. The molecular weight excluding hydrogens is 354 g/mol. The maximum atomic E-state index is 13.4. The van der Waals surface area contributed by atoms with E-state index in [0.717, 1.165) is 55.8 Å². The second kappa shape index (κ2) is 9.17. The Labute approximate surface area is 166 Å². The van der Waals surface area contributed by atoms with Crippen LogP contribution in [0, 0.1) is 6.92 Å². The molecule has 0 saturated carbocycles. The standard InChI is InChI=1S/C21H31N5O2/c1-4-10-22-18(27)14-25(11-5-2)21(28)16-13-15(3)23-20-19(16)24-17-9-7-6-8-12-26(17)20/h13H,4-12,14H2,1-3H3,(H,22,27). The van der Waals surface area contributed by atoms with Crippen LogP contribution in [0.25, 0.3) is 11.2 Å². The molecule has 7 nitrogen and oxygen atoms in total. The highest BCUT2D eigenvalue weighted by Gasteiger charge is 2.25. The molecule has 0 unspecified atom stereocenters. The SMILES string of the molecule is CCCNC(=O)CN(CCC)C(=O)c1cc(C)nc2c1nc1n2CCCCC1. The van der Waals surface area contributed by atoms with Gasteiger partial charge in [-0.1, -0.05) is 20.3 Å². The first-order valence-corrected chi connectivity index (χ1v) is 10.5. The lowest BCUT2D eigenvalue weighted by Crippen LogP contribution is -2.41. The average molecular weight is 386 g/mol. The minimum absolute atomic E-state index is 0.0725. The number of pyridine rings is 1. The van der Waals surface area contributed by atoms with Gasteiger partial charge in [0, 0.05) is 31.7 Å². The number of nitrogens with one attached hydrogen (secondary N) is 1. The summed E-state index contributed by atoms with van der Waals surface area (Å²) in [7, 11) is 0. The van der Waals surface area contributed by atoms with E-state index in [-0.39, 0.29) is 18.4 Å².